The molecule has 0 aromatic heterocycles. The van der Waals surface area contributed by atoms with Gasteiger partial charge in [-0.15, -0.1) is 0 Å². The molecule has 9 nitrogen and oxygen atoms in total. The lowest BCUT2D eigenvalue weighted by atomic mass is 10.0. The van der Waals surface area contributed by atoms with Gasteiger partial charge >= 0.3 is 0 Å². The van der Waals surface area contributed by atoms with Gasteiger partial charge in [-0.05, 0) is 78.9 Å². The lowest BCUT2D eigenvalue weighted by molar-refractivity contribution is 0.480. The second-order valence-electron chi connectivity index (χ2n) is 8.28. The second kappa shape index (κ2) is 10.2. The van der Waals surface area contributed by atoms with Crippen LogP contribution in [0.4, 0.5) is 22.7 Å². The maximum absolute atomic E-state index is 12.0. The summed E-state index contributed by atoms with van der Waals surface area (Å²) in [5.41, 5.74) is 4.08. The highest BCUT2D eigenvalue weighted by molar-refractivity contribution is 7.85. The van der Waals surface area contributed by atoms with Gasteiger partial charge in [-0.1, -0.05) is 23.8 Å². The van der Waals surface area contributed by atoms with Crippen molar-refractivity contribution in [3.63, 3.8) is 0 Å². The van der Waals surface area contributed by atoms with Crippen LogP contribution in [-0.2, 0) is 16.7 Å². The quantitative estimate of drug-likeness (QED) is 0.182. The average Bonchev–Trinajstić information content (AvgIpc) is 2.85. The van der Waals surface area contributed by atoms with E-state index in [1.165, 1.54) is 12.1 Å². The van der Waals surface area contributed by atoms with Crippen molar-refractivity contribution in [1.82, 2.24) is 0 Å². The van der Waals surface area contributed by atoms with E-state index in [-0.39, 0.29) is 34.1 Å². The van der Waals surface area contributed by atoms with E-state index in [4.69, 9.17) is 0 Å². The van der Waals surface area contributed by atoms with Crippen LogP contribution in [0, 0.1) is 13.8 Å². The second-order valence-corrected chi connectivity index (χ2v) is 9.67. The molecule has 0 aliphatic carbocycles. The van der Waals surface area contributed by atoms with Gasteiger partial charge in [0.25, 0.3) is 10.1 Å². The van der Waals surface area contributed by atoms with Gasteiger partial charge in [-0.2, -0.15) is 28.9 Å². The molecule has 0 atom stereocenters. The Hall–Kier alpha value is -4.15. The van der Waals surface area contributed by atoms with Crippen LogP contribution in [-0.4, -0.2) is 25.1 Å². The van der Waals surface area contributed by atoms with E-state index in [1.807, 2.05) is 44.3 Å². The van der Waals surface area contributed by atoms with Crippen molar-refractivity contribution in [2.24, 2.45) is 20.5 Å². The summed E-state index contributed by atoms with van der Waals surface area (Å²) in [5.74, 6) is -0.0155. The molecule has 0 saturated carbocycles. The monoisotopic (exact) mass is 503 g/mol. The minimum atomic E-state index is -4.55. The number of fused-ring (bicyclic) bond motifs is 1. The molecular weight excluding hydrogens is 478 g/mol. The number of phenolic OH excluding ortho intramolecular Hbond substituents is 1. The molecule has 4 aromatic rings. The summed E-state index contributed by atoms with van der Waals surface area (Å²) in [6, 6.07) is 19.1. The number of rotatable bonds is 7. The summed E-state index contributed by atoms with van der Waals surface area (Å²) in [5, 5.41) is 31.7. The van der Waals surface area contributed by atoms with Crippen LogP contribution >= 0.6 is 0 Å². The number of aryl methyl sites for hydroxylation is 2. The van der Waals surface area contributed by atoms with Crippen LogP contribution in [0.1, 0.15) is 16.7 Å². The topological polar surface area (TPSA) is 136 Å². The van der Waals surface area contributed by atoms with Gasteiger partial charge in [0, 0.05) is 18.1 Å². The summed E-state index contributed by atoms with van der Waals surface area (Å²) < 4.78 is 33.8. The van der Waals surface area contributed by atoms with Crippen LogP contribution in [0.25, 0.3) is 10.8 Å². The summed E-state index contributed by atoms with van der Waals surface area (Å²) in [7, 11) is -2.73. The number of hydrogen-bond donors (Lipinski definition) is 3. The van der Waals surface area contributed by atoms with E-state index in [9.17, 15) is 18.1 Å². The number of nitrogens with one attached hydrogen (secondary N) is 1. The summed E-state index contributed by atoms with van der Waals surface area (Å²) in [4.78, 5) is -0.333. The number of phenols is 1. The zero-order valence-electron chi connectivity index (χ0n) is 20.0. The molecular formula is C26H25N5O4S. The first-order valence-corrected chi connectivity index (χ1v) is 12.5. The molecule has 4 aromatic carbocycles. The van der Waals surface area contributed by atoms with Gasteiger partial charge in [0.1, 0.15) is 10.6 Å². The molecule has 4 rings (SSSR count). The molecule has 36 heavy (non-hydrogen) atoms. The first-order valence-electron chi connectivity index (χ1n) is 11.1. The first kappa shape index (κ1) is 25.0. The predicted molar refractivity (Wildman–Crippen MR) is 140 cm³/mol. The normalized spacial score (nSPS) is 12.1. The molecule has 0 saturated heterocycles. The fraction of sp³-hybridized carbons (Fsp3) is 0.154. The molecule has 0 bridgehead atoms. The van der Waals surface area contributed by atoms with E-state index in [2.05, 4.69) is 25.8 Å². The Morgan fingerprint density at radius 2 is 1.56 bits per heavy atom. The van der Waals surface area contributed by atoms with Gasteiger partial charge < -0.3 is 10.4 Å². The van der Waals surface area contributed by atoms with Crippen molar-refractivity contribution in [3.05, 3.63) is 83.4 Å². The third kappa shape index (κ3) is 5.56. The lowest BCUT2D eigenvalue weighted by Crippen LogP contribution is -2.02. The van der Waals surface area contributed by atoms with Gasteiger partial charge in [0.15, 0.2) is 5.75 Å². The van der Waals surface area contributed by atoms with Gasteiger partial charge in [0.05, 0.1) is 17.9 Å². The third-order valence-corrected chi connectivity index (χ3v) is 6.56. The van der Waals surface area contributed by atoms with E-state index in [0.717, 1.165) is 16.6 Å². The number of nitrogens with zero attached hydrogens (tertiary/aromatic N) is 4. The van der Waals surface area contributed by atoms with Crippen molar-refractivity contribution in [1.29, 1.82) is 0 Å². The van der Waals surface area contributed by atoms with Gasteiger partial charge in [-0.3, -0.25) is 4.55 Å². The van der Waals surface area contributed by atoms with Crippen molar-refractivity contribution in [2.45, 2.75) is 25.3 Å². The summed E-state index contributed by atoms with van der Waals surface area (Å²) in [6.45, 7) is 3.62. The SMILES string of the molecule is CNc1ccc2c(O)c(N=NCc3ccc(N=Nc4ccc(C)cc4)cc3S(=O)(=O)O)c(C)cc2c1. The molecule has 3 N–H and O–H groups in total. The largest absolute Gasteiger partial charge is 0.505 e. The van der Waals surface area contributed by atoms with E-state index >= 15 is 0 Å². The number of anilines is 1. The predicted octanol–water partition coefficient (Wildman–Crippen LogP) is 7.15. The van der Waals surface area contributed by atoms with Crippen molar-refractivity contribution in [3.8, 4) is 5.75 Å². The van der Waals surface area contributed by atoms with Gasteiger partial charge in [0.2, 0.25) is 0 Å². The Bertz CT molecular complexity index is 1600. The molecule has 0 unspecified atom stereocenters. The van der Waals surface area contributed by atoms with Crippen LogP contribution in [0.15, 0.2) is 92.1 Å². The standard InChI is InChI=1S/C26H25N5O4S/c1-16-4-7-20(8-5-16)29-30-22-9-6-18(24(14-22)36(33,34)35)15-28-31-25-17(2)12-19-13-21(27-3)10-11-23(19)26(25)32/h4-14,27,32H,15H2,1-3H3,(H,33,34,35). The zero-order chi connectivity index (χ0) is 25.9. The van der Waals surface area contributed by atoms with Crippen LogP contribution < -0.4 is 5.32 Å². The van der Waals surface area contributed by atoms with Crippen molar-refractivity contribution in [2.75, 3.05) is 12.4 Å². The van der Waals surface area contributed by atoms with E-state index in [1.54, 1.807) is 31.2 Å². The van der Waals surface area contributed by atoms with Crippen molar-refractivity contribution >= 4 is 43.6 Å². The van der Waals surface area contributed by atoms with Crippen molar-refractivity contribution < 1.29 is 18.1 Å². The molecule has 0 aliphatic rings. The first-order chi connectivity index (χ1) is 17.2. The number of hydrogen-bond acceptors (Lipinski definition) is 8. The van der Waals surface area contributed by atoms with E-state index < -0.39 is 10.1 Å². The maximum atomic E-state index is 12.0. The molecule has 0 radical (unpaired) electrons. The molecule has 0 heterocycles. The third-order valence-electron chi connectivity index (χ3n) is 5.62. The Labute approximate surface area is 209 Å². The Morgan fingerprint density at radius 3 is 2.25 bits per heavy atom. The minimum Gasteiger partial charge on any atom is -0.505 e. The fourth-order valence-electron chi connectivity index (χ4n) is 3.68. The fourth-order valence-corrected chi connectivity index (χ4v) is 4.41. The molecule has 0 spiro atoms. The lowest BCUT2D eigenvalue weighted by Gasteiger charge is -2.09. The molecule has 0 fully saturated rings. The van der Waals surface area contributed by atoms with Crippen LogP contribution in [0.3, 0.4) is 0 Å². The zero-order valence-corrected chi connectivity index (χ0v) is 20.8. The molecule has 0 aliphatic heterocycles. The highest BCUT2D eigenvalue weighted by atomic mass is 32.2. The summed E-state index contributed by atoms with van der Waals surface area (Å²) >= 11 is 0. The Morgan fingerprint density at radius 1 is 0.861 bits per heavy atom. The number of azo groups is 2. The van der Waals surface area contributed by atoms with E-state index in [0.29, 0.717) is 16.6 Å². The highest BCUT2D eigenvalue weighted by Gasteiger charge is 2.17. The van der Waals surface area contributed by atoms with Crippen LogP contribution in [0.2, 0.25) is 0 Å². The molecule has 10 heteroatoms. The summed E-state index contributed by atoms with van der Waals surface area (Å²) in [6.07, 6.45) is 0. The van der Waals surface area contributed by atoms with Crippen LogP contribution in [0.5, 0.6) is 5.75 Å². The van der Waals surface area contributed by atoms with Gasteiger partial charge in [-0.25, -0.2) is 0 Å². The smallest absolute Gasteiger partial charge is 0.294 e. The minimum absolute atomic E-state index is 0.0155. The highest BCUT2D eigenvalue weighted by Crippen LogP contribution is 2.39. The number of benzene rings is 4. The number of aromatic hydroxyl groups is 1. The Kier molecular flexibility index (Phi) is 7.09. The maximum Gasteiger partial charge on any atom is 0.294 e. The molecule has 184 valence electrons. The average molecular weight is 504 g/mol. The Balaban J connectivity index is 1.61. The molecule has 0 amide bonds.